The summed E-state index contributed by atoms with van der Waals surface area (Å²) in [6.45, 7) is 1.95. The van der Waals surface area contributed by atoms with Gasteiger partial charge in [-0.05, 0) is 34.5 Å². The molecule has 4 heteroatoms. The van der Waals surface area contributed by atoms with Crippen molar-refractivity contribution >= 4 is 27.0 Å². The van der Waals surface area contributed by atoms with Crippen molar-refractivity contribution in [3.05, 3.63) is 38.7 Å². The number of H-pyrrole nitrogens is 1. The normalized spacial score (nSPS) is 10.7. The van der Waals surface area contributed by atoms with E-state index >= 15 is 0 Å². The van der Waals surface area contributed by atoms with Gasteiger partial charge in [-0.2, -0.15) is 0 Å². The van der Waals surface area contributed by atoms with E-state index in [2.05, 4.69) is 25.9 Å². The van der Waals surface area contributed by atoms with Crippen LogP contribution in [0.5, 0.6) is 0 Å². The lowest BCUT2D eigenvalue weighted by atomic mass is 10.2. The monoisotopic (exact) mass is 252 g/mol. The number of pyridine rings is 2. The lowest BCUT2D eigenvalue weighted by molar-refractivity contribution is 1.07. The molecule has 14 heavy (non-hydrogen) atoms. The molecule has 0 atom stereocenters. The van der Waals surface area contributed by atoms with E-state index in [-0.39, 0.29) is 5.56 Å². The Kier molecular flexibility index (Phi) is 2.37. The molecule has 0 amide bonds. The van der Waals surface area contributed by atoms with Crippen molar-refractivity contribution in [3.63, 3.8) is 0 Å². The zero-order chi connectivity index (χ0) is 10.1. The first-order valence-corrected chi connectivity index (χ1v) is 5.17. The summed E-state index contributed by atoms with van der Waals surface area (Å²) in [4.78, 5) is 18.5. The average molecular weight is 253 g/mol. The topological polar surface area (TPSA) is 45.8 Å². The summed E-state index contributed by atoms with van der Waals surface area (Å²) in [5, 5.41) is 0. The first-order valence-electron chi connectivity index (χ1n) is 4.38. The molecule has 1 N–H and O–H groups in total. The summed E-state index contributed by atoms with van der Waals surface area (Å²) >= 11 is 3.31. The van der Waals surface area contributed by atoms with Crippen LogP contribution >= 0.6 is 15.9 Å². The van der Waals surface area contributed by atoms with Gasteiger partial charge in [-0.15, -0.1) is 0 Å². The number of rotatable bonds is 1. The molecule has 3 nitrogen and oxygen atoms in total. The fourth-order valence-corrected chi connectivity index (χ4v) is 1.69. The molecule has 0 radical (unpaired) electrons. The second-order valence-electron chi connectivity index (χ2n) is 3.06. The van der Waals surface area contributed by atoms with Crippen LogP contribution in [-0.4, -0.2) is 9.97 Å². The molecule has 0 fully saturated rings. The zero-order valence-electron chi connectivity index (χ0n) is 7.67. The number of hydrogen-bond acceptors (Lipinski definition) is 2. The summed E-state index contributed by atoms with van der Waals surface area (Å²) in [7, 11) is 0. The van der Waals surface area contributed by atoms with Gasteiger partial charge in [0.25, 0.3) is 5.56 Å². The third-order valence-electron chi connectivity index (χ3n) is 2.12. The molecule has 2 aromatic rings. The number of aryl methyl sites for hydroxylation is 1. The van der Waals surface area contributed by atoms with Crippen LogP contribution in [0.3, 0.4) is 0 Å². The molecule has 0 aromatic carbocycles. The Balaban J connectivity index is 2.79. The Labute approximate surface area is 89.3 Å². The predicted octanol–water partition coefficient (Wildman–Crippen LogP) is 2.25. The van der Waals surface area contributed by atoms with Gasteiger partial charge in [0.2, 0.25) is 0 Å². The van der Waals surface area contributed by atoms with Crippen molar-refractivity contribution in [2.75, 3.05) is 0 Å². The van der Waals surface area contributed by atoms with Crippen LogP contribution < -0.4 is 5.56 Å². The van der Waals surface area contributed by atoms with E-state index in [1.54, 1.807) is 6.20 Å². The van der Waals surface area contributed by atoms with Gasteiger partial charge in [0.15, 0.2) is 0 Å². The Morgan fingerprint density at radius 2 is 2.29 bits per heavy atom. The molecule has 2 heterocycles. The number of aromatic amines is 1. The van der Waals surface area contributed by atoms with Crippen molar-refractivity contribution in [2.45, 2.75) is 13.3 Å². The SMILES string of the molecule is CCc1cc2ncc(Br)cc2[nH]c1=O. The fourth-order valence-electron chi connectivity index (χ4n) is 1.36. The van der Waals surface area contributed by atoms with Gasteiger partial charge in [-0.3, -0.25) is 9.78 Å². The van der Waals surface area contributed by atoms with E-state index in [0.717, 1.165) is 27.5 Å². The highest BCUT2D eigenvalue weighted by molar-refractivity contribution is 9.10. The third-order valence-corrected chi connectivity index (χ3v) is 2.55. The van der Waals surface area contributed by atoms with E-state index in [1.165, 1.54) is 0 Å². The Bertz CT molecular complexity index is 533. The summed E-state index contributed by atoms with van der Waals surface area (Å²) in [6.07, 6.45) is 2.45. The molecule has 0 saturated heterocycles. The van der Waals surface area contributed by atoms with Gasteiger partial charge in [-0.25, -0.2) is 0 Å². The molecule has 2 rings (SSSR count). The number of halogens is 1. The first-order chi connectivity index (χ1) is 6.70. The van der Waals surface area contributed by atoms with Crippen molar-refractivity contribution < 1.29 is 0 Å². The van der Waals surface area contributed by atoms with E-state index in [1.807, 2.05) is 19.1 Å². The summed E-state index contributed by atoms with van der Waals surface area (Å²) in [5.74, 6) is 0. The van der Waals surface area contributed by atoms with Gasteiger partial charge in [0.05, 0.1) is 11.0 Å². The van der Waals surface area contributed by atoms with Crippen LogP contribution in [0, 0.1) is 0 Å². The molecule has 0 aliphatic rings. The second-order valence-corrected chi connectivity index (χ2v) is 3.98. The molecule has 0 aliphatic carbocycles. The highest BCUT2D eigenvalue weighted by Crippen LogP contribution is 2.14. The quantitative estimate of drug-likeness (QED) is 0.847. The maximum absolute atomic E-state index is 11.5. The number of aromatic nitrogens is 2. The average Bonchev–Trinajstić information content (AvgIpc) is 2.16. The molecule has 0 spiro atoms. The van der Waals surface area contributed by atoms with Gasteiger partial charge in [0.1, 0.15) is 0 Å². The Morgan fingerprint density at radius 1 is 1.50 bits per heavy atom. The summed E-state index contributed by atoms with van der Waals surface area (Å²) < 4.78 is 0.866. The summed E-state index contributed by atoms with van der Waals surface area (Å²) in [5.41, 5.74) is 2.33. The smallest absolute Gasteiger partial charge is 0.251 e. The molecule has 72 valence electrons. The number of fused-ring (bicyclic) bond motifs is 1. The molecule has 2 aromatic heterocycles. The zero-order valence-corrected chi connectivity index (χ0v) is 9.26. The molecule has 0 unspecified atom stereocenters. The standard InChI is InChI=1S/C10H9BrN2O/c1-2-6-3-8-9(13-10(6)14)4-7(11)5-12-8/h3-5H,2H2,1H3,(H,13,14). The predicted molar refractivity (Wildman–Crippen MR) is 59.4 cm³/mol. The maximum atomic E-state index is 11.5. The van der Waals surface area contributed by atoms with E-state index < -0.39 is 0 Å². The number of nitrogens with zero attached hydrogens (tertiary/aromatic N) is 1. The van der Waals surface area contributed by atoms with E-state index in [0.29, 0.717) is 0 Å². The van der Waals surface area contributed by atoms with Gasteiger partial charge in [-0.1, -0.05) is 6.92 Å². The fraction of sp³-hybridized carbons (Fsp3) is 0.200. The van der Waals surface area contributed by atoms with Gasteiger partial charge < -0.3 is 4.98 Å². The van der Waals surface area contributed by atoms with Crippen molar-refractivity contribution in [2.24, 2.45) is 0 Å². The highest BCUT2D eigenvalue weighted by atomic mass is 79.9. The van der Waals surface area contributed by atoms with Crippen LogP contribution in [0.2, 0.25) is 0 Å². The van der Waals surface area contributed by atoms with Crippen LogP contribution in [0.15, 0.2) is 27.6 Å². The lowest BCUT2D eigenvalue weighted by Crippen LogP contribution is -2.11. The molecule has 0 saturated carbocycles. The minimum atomic E-state index is -0.0279. The van der Waals surface area contributed by atoms with Crippen LogP contribution in [0.25, 0.3) is 11.0 Å². The van der Waals surface area contributed by atoms with Crippen LogP contribution in [0.4, 0.5) is 0 Å². The third kappa shape index (κ3) is 1.57. The molecule has 0 aliphatic heterocycles. The second kappa shape index (κ2) is 3.53. The largest absolute Gasteiger partial charge is 0.320 e. The Morgan fingerprint density at radius 3 is 3.00 bits per heavy atom. The van der Waals surface area contributed by atoms with Gasteiger partial charge >= 0.3 is 0 Å². The van der Waals surface area contributed by atoms with E-state index in [9.17, 15) is 4.79 Å². The van der Waals surface area contributed by atoms with Crippen molar-refractivity contribution in [1.82, 2.24) is 9.97 Å². The number of nitrogens with one attached hydrogen (secondary N) is 1. The van der Waals surface area contributed by atoms with Crippen LogP contribution in [0.1, 0.15) is 12.5 Å². The molecule has 0 bridgehead atoms. The molecular weight excluding hydrogens is 244 g/mol. The highest BCUT2D eigenvalue weighted by Gasteiger charge is 2.01. The minimum absolute atomic E-state index is 0.0279. The maximum Gasteiger partial charge on any atom is 0.251 e. The van der Waals surface area contributed by atoms with Gasteiger partial charge in [0, 0.05) is 16.2 Å². The first kappa shape index (κ1) is 9.40. The van der Waals surface area contributed by atoms with E-state index in [4.69, 9.17) is 0 Å². The summed E-state index contributed by atoms with van der Waals surface area (Å²) in [6, 6.07) is 3.68. The van der Waals surface area contributed by atoms with Crippen molar-refractivity contribution in [1.29, 1.82) is 0 Å². The minimum Gasteiger partial charge on any atom is -0.320 e. The number of hydrogen-bond donors (Lipinski definition) is 1. The van der Waals surface area contributed by atoms with Crippen molar-refractivity contribution in [3.8, 4) is 0 Å². The van der Waals surface area contributed by atoms with Crippen LogP contribution in [-0.2, 0) is 6.42 Å². The molecular formula is C10H9BrN2O. The lowest BCUT2D eigenvalue weighted by Gasteiger charge is -2.00. The Hall–Kier alpha value is -1.16.